The van der Waals surface area contributed by atoms with Gasteiger partial charge in [-0.05, 0) is 32.4 Å². The van der Waals surface area contributed by atoms with Gasteiger partial charge in [-0.25, -0.2) is 0 Å². The third kappa shape index (κ3) is 6.82. The minimum absolute atomic E-state index is 0. The van der Waals surface area contributed by atoms with E-state index in [1.165, 1.54) is 32.4 Å². The molecule has 2 N–H and O–H groups in total. The Bertz CT molecular complexity index is 385. The van der Waals surface area contributed by atoms with Crippen molar-refractivity contribution in [3.05, 3.63) is 0 Å². The second-order valence-corrected chi connectivity index (χ2v) is 6.22. The van der Waals surface area contributed by atoms with Crippen molar-refractivity contribution in [2.75, 3.05) is 46.3 Å². The maximum atomic E-state index is 11.7. The number of nitrogens with one attached hydrogen (secondary N) is 2. The number of guanidine groups is 1. The van der Waals surface area contributed by atoms with E-state index in [0.29, 0.717) is 12.5 Å². The molecule has 2 aliphatic rings. The van der Waals surface area contributed by atoms with Crippen LogP contribution >= 0.6 is 24.0 Å². The molecular weight excluding hydrogens is 405 g/mol. The van der Waals surface area contributed by atoms with E-state index in [9.17, 15) is 4.79 Å². The zero-order chi connectivity index (χ0) is 15.8. The molecule has 0 saturated carbocycles. The first-order valence-corrected chi connectivity index (χ1v) is 8.70. The molecule has 2 aliphatic heterocycles. The number of halogens is 1. The van der Waals surface area contributed by atoms with E-state index < -0.39 is 0 Å². The van der Waals surface area contributed by atoms with Crippen LogP contribution in [0.3, 0.4) is 0 Å². The minimum Gasteiger partial charge on any atom is -0.355 e. The number of piperidine rings is 1. The third-order valence-corrected chi connectivity index (χ3v) is 4.58. The van der Waals surface area contributed by atoms with Gasteiger partial charge in [-0.3, -0.25) is 9.79 Å². The summed E-state index contributed by atoms with van der Waals surface area (Å²) in [6.07, 6.45) is 5.63. The molecule has 1 atom stereocenters. The van der Waals surface area contributed by atoms with E-state index in [1.54, 1.807) is 7.05 Å². The second kappa shape index (κ2) is 11.1. The fourth-order valence-corrected chi connectivity index (χ4v) is 3.23. The van der Waals surface area contributed by atoms with Crippen LogP contribution in [0.15, 0.2) is 4.99 Å². The van der Waals surface area contributed by atoms with Gasteiger partial charge < -0.3 is 20.4 Å². The molecule has 6 nitrogen and oxygen atoms in total. The van der Waals surface area contributed by atoms with Gasteiger partial charge in [0.2, 0.25) is 5.91 Å². The summed E-state index contributed by atoms with van der Waals surface area (Å²) in [7, 11) is 1.81. The highest BCUT2D eigenvalue weighted by Gasteiger charge is 2.25. The predicted molar refractivity (Wildman–Crippen MR) is 105 cm³/mol. The first-order valence-electron chi connectivity index (χ1n) is 8.70. The van der Waals surface area contributed by atoms with Crippen LogP contribution in [0.2, 0.25) is 0 Å². The molecule has 0 aliphatic carbocycles. The van der Waals surface area contributed by atoms with Gasteiger partial charge >= 0.3 is 0 Å². The van der Waals surface area contributed by atoms with Crippen molar-refractivity contribution in [2.24, 2.45) is 4.99 Å². The molecule has 2 saturated heterocycles. The van der Waals surface area contributed by atoms with Crippen LogP contribution < -0.4 is 10.6 Å². The average Bonchev–Trinajstić information content (AvgIpc) is 3.02. The van der Waals surface area contributed by atoms with Crippen LogP contribution in [0.4, 0.5) is 0 Å². The van der Waals surface area contributed by atoms with Crippen molar-refractivity contribution < 1.29 is 4.79 Å². The summed E-state index contributed by atoms with van der Waals surface area (Å²) < 4.78 is 0. The van der Waals surface area contributed by atoms with Gasteiger partial charge in [0.05, 0.1) is 0 Å². The van der Waals surface area contributed by atoms with Gasteiger partial charge in [-0.15, -0.1) is 24.0 Å². The Kier molecular flexibility index (Phi) is 9.85. The Hall–Kier alpha value is -0.570. The summed E-state index contributed by atoms with van der Waals surface area (Å²) in [5, 5.41) is 6.83. The monoisotopic (exact) mass is 437 g/mol. The molecule has 0 spiro atoms. The molecule has 7 heteroatoms. The molecule has 0 aromatic heterocycles. The first kappa shape index (κ1) is 20.5. The van der Waals surface area contributed by atoms with E-state index in [1.807, 2.05) is 11.8 Å². The van der Waals surface area contributed by atoms with Crippen LogP contribution in [-0.4, -0.2) is 74.0 Å². The van der Waals surface area contributed by atoms with Crippen molar-refractivity contribution in [1.29, 1.82) is 0 Å². The van der Waals surface area contributed by atoms with E-state index in [0.717, 1.165) is 38.6 Å². The fourth-order valence-electron chi connectivity index (χ4n) is 3.23. The van der Waals surface area contributed by atoms with E-state index >= 15 is 0 Å². The SMILES string of the molecule is CCC(=O)N1CCC(NC(=NC)NCCN2CCCCC2)C1.I. The largest absolute Gasteiger partial charge is 0.355 e. The Morgan fingerprint density at radius 3 is 2.61 bits per heavy atom. The highest BCUT2D eigenvalue weighted by atomic mass is 127. The number of rotatable bonds is 5. The number of carbonyl (C=O) groups excluding carboxylic acids is 1. The van der Waals surface area contributed by atoms with Crippen molar-refractivity contribution in [1.82, 2.24) is 20.4 Å². The topological polar surface area (TPSA) is 60.0 Å². The molecule has 134 valence electrons. The second-order valence-electron chi connectivity index (χ2n) is 6.22. The van der Waals surface area contributed by atoms with E-state index in [-0.39, 0.29) is 29.9 Å². The highest BCUT2D eigenvalue weighted by Crippen LogP contribution is 2.10. The summed E-state index contributed by atoms with van der Waals surface area (Å²) in [5.74, 6) is 1.10. The summed E-state index contributed by atoms with van der Waals surface area (Å²) in [6.45, 7) is 8.02. The molecule has 0 aromatic carbocycles. The Balaban J connectivity index is 0.00000264. The van der Waals surface area contributed by atoms with Gasteiger partial charge in [0.15, 0.2) is 5.96 Å². The standard InChI is InChI=1S/C16H31N5O.HI/c1-3-15(22)21-11-7-14(13-21)19-16(17-2)18-8-12-20-9-5-4-6-10-20;/h14H,3-13H2,1-2H3,(H2,17,18,19);1H. The minimum atomic E-state index is 0. The molecular formula is C16H32IN5O. The molecule has 23 heavy (non-hydrogen) atoms. The quantitative estimate of drug-likeness (QED) is 0.387. The maximum Gasteiger partial charge on any atom is 0.222 e. The van der Waals surface area contributed by atoms with Gasteiger partial charge in [0.1, 0.15) is 0 Å². The summed E-state index contributed by atoms with van der Waals surface area (Å²) in [5.41, 5.74) is 0. The molecule has 0 aromatic rings. The number of nitrogens with zero attached hydrogens (tertiary/aromatic N) is 3. The van der Waals surface area contributed by atoms with Crippen molar-refractivity contribution in [2.45, 2.75) is 45.1 Å². The summed E-state index contributed by atoms with van der Waals surface area (Å²) in [4.78, 5) is 20.5. The maximum absolute atomic E-state index is 11.7. The van der Waals surface area contributed by atoms with Crippen LogP contribution in [0.5, 0.6) is 0 Å². The van der Waals surface area contributed by atoms with Crippen LogP contribution in [0.1, 0.15) is 39.0 Å². The molecule has 1 unspecified atom stereocenters. The molecule has 1 amide bonds. The lowest BCUT2D eigenvalue weighted by atomic mass is 10.1. The summed E-state index contributed by atoms with van der Waals surface area (Å²) >= 11 is 0. The molecule has 0 bridgehead atoms. The van der Waals surface area contributed by atoms with Crippen LogP contribution in [0.25, 0.3) is 0 Å². The van der Waals surface area contributed by atoms with Crippen LogP contribution in [0, 0.1) is 0 Å². The number of hydrogen-bond acceptors (Lipinski definition) is 3. The predicted octanol–water partition coefficient (Wildman–Crippen LogP) is 1.27. The molecule has 2 fully saturated rings. The van der Waals surface area contributed by atoms with Crippen molar-refractivity contribution in [3.8, 4) is 0 Å². The molecule has 0 radical (unpaired) electrons. The first-order chi connectivity index (χ1) is 10.7. The lowest BCUT2D eigenvalue weighted by molar-refractivity contribution is -0.129. The van der Waals surface area contributed by atoms with Crippen molar-refractivity contribution >= 4 is 35.8 Å². The number of hydrogen-bond donors (Lipinski definition) is 2. The van der Waals surface area contributed by atoms with Gasteiger partial charge in [-0.1, -0.05) is 13.3 Å². The lowest BCUT2D eigenvalue weighted by Crippen LogP contribution is -2.47. The van der Waals surface area contributed by atoms with Crippen molar-refractivity contribution in [3.63, 3.8) is 0 Å². The lowest BCUT2D eigenvalue weighted by Gasteiger charge is -2.27. The average molecular weight is 437 g/mol. The van der Waals surface area contributed by atoms with E-state index in [2.05, 4.69) is 20.5 Å². The van der Waals surface area contributed by atoms with E-state index in [4.69, 9.17) is 0 Å². The summed E-state index contributed by atoms with van der Waals surface area (Å²) in [6, 6.07) is 0.316. The Labute approximate surface area is 157 Å². The normalized spacial score (nSPS) is 22.6. The zero-order valence-corrected chi connectivity index (χ0v) is 16.8. The number of amides is 1. The number of aliphatic imine (C=N–C) groups is 1. The van der Waals surface area contributed by atoms with Crippen LogP contribution in [-0.2, 0) is 4.79 Å². The smallest absolute Gasteiger partial charge is 0.222 e. The Morgan fingerprint density at radius 2 is 1.96 bits per heavy atom. The molecule has 2 rings (SSSR count). The van der Waals surface area contributed by atoms with Gasteiger partial charge in [0.25, 0.3) is 0 Å². The Morgan fingerprint density at radius 1 is 1.22 bits per heavy atom. The zero-order valence-electron chi connectivity index (χ0n) is 14.5. The number of likely N-dealkylation sites (tertiary alicyclic amines) is 2. The third-order valence-electron chi connectivity index (χ3n) is 4.58. The molecule has 2 heterocycles. The van der Waals surface area contributed by atoms with Gasteiger partial charge in [-0.2, -0.15) is 0 Å². The van der Waals surface area contributed by atoms with Gasteiger partial charge in [0, 0.05) is 45.7 Å². The highest BCUT2D eigenvalue weighted by molar-refractivity contribution is 14.0. The fraction of sp³-hybridized carbons (Fsp3) is 0.875. The number of carbonyl (C=O) groups is 1.